The topological polar surface area (TPSA) is 47.3 Å². The Hall–Kier alpha value is -0.390. The molecule has 1 N–H and O–H groups in total. The monoisotopic (exact) mass is 330 g/mol. The number of aromatic nitrogens is 2. The number of aliphatic hydroxyl groups is 1. The predicted octanol–water partition coefficient (Wildman–Crippen LogP) is 3.35. The van der Waals surface area contributed by atoms with E-state index in [2.05, 4.69) is 21.0 Å². The highest BCUT2D eigenvalue weighted by molar-refractivity contribution is 9.10. The van der Waals surface area contributed by atoms with Gasteiger partial charge in [0.1, 0.15) is 6.10 Å². The molecule has 1 fully saturated rings. The normalized spacial score (nSPS) is 21.1. The smallest absolute Gasteiger partial charge is 0.126 e. The highest BCUT2D eigenvalue weighted by Crippen LogP contribution is 2.42. The van der Waals surface area contributed by atoms with E-state index in [1.807, 2.05) is 14.0 Å². The minimum atomic E-state index is -0.632. The third-order valence-corrected chi connectivity index (χ3v) is 4.69. The van der Waals surface area contributed by atoms with Crippen LogP contribution in [0.5, 0.6) is 0 Å². The van der Waals surface area contributed by atoms with Crippen LogP contribution in [-0.4, -0.2) is 27.1 Å². The van der Waals surface area contributed by atoms with E-state index >= 15 is 0 Å². The van der Waals surface area contributed by atoms with Crippen molar-refractivity contribution in [2.24, 2.45) is 7.05 Å². The number of nitrogens with zero attached hydrogens (tertiary/aromatic N) is 2. The summed E-state index contributed by atoms with van der Waals surface area (Å²) in [6.45, 7) is 2.63. The third-order valence-electron chi connectivity index (χ3n) is 4.08. The molecule has 0 saturated heterocycles. The van der Waals surface area contributed by atoms with Crippen LogP contribution in [0.4, 0.5) is 0 Å². The van der Waals surface area contributed by atoms with E-state index in [0.29, 0.717) is 6.61 Å². The average molecular weight is 331 g/mol. The summed E-state index contributed by atoms with van der Waals surface area (Å²) in [5.41, 5.74) is 0.358. The van der Waals surface area contributed by atoms with Crippen molar-refractivity contribution in [2.75, 3.05) is 6.61 Å². The van der Waals surface area contributed by atoms with Gasteiger partial charge >= 0.3 is 0 Å². The minimum absolute atomic E-state index is 0.457. The van der Waals surface area contributed by atoms with E-state index in [9.17, 15) is 5.11 Å². The third kappa shape index (κ3) is 3.03. The lowest BCUT2D eigenvalue weighted by Gasteiger charge is -2.37. The molecule has 1 aromatic rings. The second-order valence-corrected chi connectivity index (χ2v) is 6.17. The Balaban J connectivity index is 2.32. The maximum absolute atomic E-state index is 10.9. The van der Waals surface area contributed by atoms with Crippen LogP contribution in [0.1, 0.15) is 57.2 Å². The maximum Gasteiger partial charge on any atom is 0.126 e. The molecule has 0 spiro atoms. The van der Waals surface area contributed by atoms with E-state index in [0.717, 1.165) is 35.8 Å². The molecule has 19 heavy (non-hydrogen) atoms. The van der Waals surface area contributed by atoms with Crippen molar-refractivity contribution in [2.45, 2.75) is 57.2 Å². The summed E-state index contributed by atoms with van der Waals surface area (Å²) in [4.78, 5) is 0. The minimum Gasteiger partial charge on any atom is -0.384 e. The van der Waals surface area contributed by atoms with Crippen molar-refractivity contribution >= 4 is 15.9 Å². The lowest BCUT2D eigenvalue weighted by molar-refractivity contribution is -0.134. The fraction of sp³-hybridized carbons (Fsp3) is 0.786. The molecule has 1 heterocycles. The Kier molecular flexibility index (Phi) is 5.03. The van der Waals surface area contributed by atoms with Crippen LogP contribution < -0.4 is 0 Å². The first-order chi connectivity index (χ1) is 9.10. The first kappa shape index (κ1) is 15.0. The molecular weight excluding hydrogens is 308 g/mol. The van der Waals surface area contributed by atoms with Gasteiger partial charge in [0, 0.05) is 13.7 Å². The molecule has 1 aromatic heterocycles. The number of aryl methyl sites for hydroxylation is 1. The molecule has 1 aliphatic carbocycles. The number of hydrogen-bond acceptors (Lipinski definition) is 3. The van der Waals surface area contributed by atoms with Crippen molar-refractivity contribution in [1.29, 1.82) is 0 Å². The van der Waals surface area contributed by atoms with Crippen LogP contribution in [0.3, 0.4) is 0 Å². The van der Waals surface area contributed by atoms with Crippen LogP contribution in [-0.2, 0) is 11.8 Å². The summed E-state index contributed by atoms with van der Waals surface area (Å²) in [5, 5.41) is 15.1. The first-order valence-corrected chi connectivity index (χ1v) is 7.89. The number of rotatable bonds is 4. The van der Waals surface area contributed by atoms with Gasteiger partial charge in [0.25, 0.3) is 0 Å². The summed E-state index contributed by atoms with van der Waals surface area (Å²) in [6, 6.07) is 0. The Morgan fingerprint density at radius 1 is 1.42 bits per heavy atom. The molecule has 1 unspecified atom stereocenters. The molecule has 1 saturated carbocycles. The van der Waals surface area contributed by atoms with Crippen LogP contribution in [0.2, 0.25) is 0 Å². The second-order valence-electron chi connectivity index (χ2n) is 5.32. The maximum atomic E-state index is 10.9. The molecule has 0 radical (unpaired) electrons. The van der Waals surface area contributed by atoms with Gasteiger partial charge in [0.2, 0.25) is 0 Å². The number of halogens is 1. The molecule has 0 amide bonds. The molecule has 1 aliphatic rings. The summed E-state index contributed by atoms with van der Waals surface area (Å²) < 4.78 is 8.62. The van der Waals surface area contributed by atoms with E-state index in [1.54, 1.807) is 10.9 Å². The summed E-state index contributed by atoms with van der Waals surface area (Å²) in [5.74, 6) is 0. The Bertz CT molecular complexity index is 392. The summed E-state index contributed by atoms with van der Waals surface area (Å²) >= 11 is 3.48. The quantitative estimate of drug-likeness (QED) is 0.861. The molecule has 0 bridgehead atoms. The molecule has 2 rings (SSSR count). The standard InChI is InChI=1S/C14H23BrN2O2/c1-3-19-14(8-6-4-5-7-9-14)13(18)12-11(15)10-16-17(12)2/h10,13,18H,3-9H2,1-2H3. The molecule has 1 atom stereocenters. The lowest BCUT2D eigenvalue weighted by atomic mass is 9.86. The Labute approximate surface area is 123 Å². The van der Waals surface area contributed by atoms with Gasteiger partial charge < -0.3 is 9.84 Å². The zero-order valence-electron chi connectivity index (χ0n) is 11.7. The highest BCUT2D eigenvalue weighted by Gasteiger charge is 2.41. The first-order valence-electron chi connectivity index (χ1n) is 7.10. The number of hydrogen-bond donors (Lipinski definition) is 1. The SMILES string of the molecule is CCOC1(C(O)c2c(Br)cnn2C)CCCCCC1. The van der Waals surface area contributed by atoms with Gasteiger partial charge in [-0.05, 0) is 35.7 Å². The molecule has 4 nitrogen and oxygen atoms in total. The lowest BCUT2D eigenvalue weighted by Crippen LogP contribution is -2.40. The Morgan fingerprint density at radius 3 is 2.53 bits per heavy atom. The predicted molar refractivity (Wildman–Crippen MR) is 77.9 cm³/mol. The van der Waals surface area contributed by atoms with Gasteiger partial charge in [-0.15, -0.1) is 0 Å². The van der Waals surface area contributed by atoms with Crippen LogP contribution in [0, 0.1) is 0 Å². The molecule has 0 aliphatic heterocycles. The van der Waals surface area contributed by atoms with E-state index in [-0.39, 0.29) is 0 Å². The van der Waals surface area contributed by atoms with Crippen molar-refractivity contribution in [1.82, 2.24) is 9.78 Å². The molecule has 5 heteroatoms. The van der Waals surface area contributed by atoms with Crippen LogP contribution >= 0.6 is 15.9 Å². The summed E-state index contributed by atoms with van der Waals surface area (Å²) in [6.07, 6.45) is 7.63. The zero-order valence-corrected chi connectivity index (χ0v) is 13.3. The molecule has 0 aromatic carbocycles. The van der Waals surface area contributed by atoms with Crippen LogP contribution in [0.15, 0.2) is 10.7 Å². The van der Waals surface area contributed by atoms with Crippen molar-refractivity contribution < 1.29 is 9.84 Å². The molecular formula is C14H23BrN2O2. The van der Waals surface area contributed by atoms with Gasteiger partial charge in [0.05, 0.1) is 22.0 Å². The fourth-order valence-corrected chi connectivity index (χ4v) is 3.65. The zero-order chi connectivity index (χ0) is 13.9. The van der Waals surface area contributed by atoms with Gasteiger partial charge in [-0.2, -0.15) is 5.10 Å². The van der Waals surface area contributed by atoms with Crippen molar-refractivity contribution in [3.63, 3.8) is 0 Å². The average Bonchev–Trinajstić information content (AvgIpc) is 2.61. The van der Waals surface area contributed by atoms with Gasteiger partial charge in [-0.1, -0.05) is 25.7 Å². The number of aliphatic hydroxyl groups excluding tert-OH is 1. The number of ether oxygens (including phenoxy) is 1. The molecule has 108 valence electrons. The fourth-order valence-electron chi connectivity index (χ4n) is 3.09. The van der Waals surface area contributed by atoms with Crippen LogP contribution in [0.25, 0.3) is 0 Å². The Morgan fingerprint density at radius 2 is 2.05 bits per heavy atom. The van der Waals surface area contributed by atoms with E-state index in [1.165, 1.54) is 12.8 Å². The second kappa shape index (κ2) is 6.37. The van der Waals surface area contributed by atoms with Crippen molar-refractivity contribution in [3.8, 4) is 0 Å². The van der Waals surface area contributed by atoms with Gasteiger partial charge in [-0.3, -0.25) is 4.68 Å². The highest BCUT2D eigenvalue weighted by atomic mass is 79.9. The van der Waals surface area contributed by atoms with Gasteiger partial charge in [-0.25, -0.2) is 0 Å². The largest absolute Gasteiger partial charge is 0.384 e. The summed E-state index contributed by atoms with van der Waals surface area (Å²) in [7, 11) is 1.86. The van der Waals surface area contributed by atoms with Gasteiger partial charge in [0.15, 0.2) is 0 Å². The van der Waals surface area contributed by atoms with E-state index in [4.69, 9.17) is 4.74 Å². The van der Waals surface area contributed by atoms with E-state index < -0.39 is 11.7 Å². The van der Waals surface area contributed by atoms with Crippen molar-refractivity contribution in [3.05, 3.63) is 16.4 Å².